The minimum atomic E-state index is -0.0534. The summed E-state index contributed by atoms with van der Waals surface area (Å²) < 4.78 is 21.9. The maximum absolute atomic E-state index is 6.58. The molecule has 4 nitrogen and oxygen atoms in total. The van der Waals surface area contributed by atoms with Crippen LogP contribution in [0.2, 0.25) is 0 Å². The molecule has 2 aliphatic rings. The van der Waals surface area contributed by atoms with E-state index in [4.69, 9.17) is 14.2 Å². The fourth-order valence-electron chi connectivity index (χ4n) is 14.1. The van der Waals surface area contributed by atoms with Crippen LogP contribution in [0.1, 0.15) is 219 Å². The standard InChI is InChI=1S/C79H99NO3.H7P5/c1-8-11-14-17-20-23-46-79(47-24-21-18-15-12-9-2)74-53-65(63-33-31-62(32-34-63)56-83-69-40-38-68(39-41-69)82-55-61-29-26-57(4)27-30-61)35-42-70(74)71-43-36-66(54-75(71)79)64-37-45-77-73(52-64)72-49-58(5)28-44-76(72)80(77)67-50-59(6)78(60(7)51-67)81-48-25-22-19-16-13-10-3;1-4-5(2)3/h26-37,42-45,49-54,68-69H,8-25,38-41,46-48,55-56H2,1-7H3;4H,1-3H2. The first-order chi connectivity index (χ1) is 42.9. The van der Waals surface area contributed by atoms with Crippen molar-refractivity contribution in [2.75, 3.05) is 6.61 Å². The molecule has 8 aromatic rings. The maximum Gasteiger partial charge on any atom is 0.125 e. The lowest BCUT2D eigenvalue weighted by Gasteiger charge is -2.33. The van der Waals surface area contributed by atoms with Gasteiger partial charge in [0.1, 0.15) is 5.75 Å². The summed E-state index contributed by atoms with van der Waals surface area (Å²) in [5.41, 5.74) is 22.3. The van der Waals surface area contributed by atoms with Crippen LogP contribution in [0.5, 0.6) is 5.75 Å². The molecule has 470 valence electrons. The van der Waals surface area contributed by atoms with Gasteiger partial charge in [0.05, 0.1) is 43.1 Å². The Balaban J connectivity index is 0.00000177. The number of aryl methyl sites for hydroxylation is 4. The van der Waals surface area contributed by atoms with Crippen molar-refractivity contribution in [1.82, 2.24) is 4.57 Å². The fourth-order valence-corrected chi connectivity index (χ4v) is 14.1. The molecule has 9 heteroatoms. The maximum atomic E-state index is 6.58. The number of fused-ring (bicyclic) bond motifs is 6. The second-order valence-corrected chi connectivity index (χ2v) is 39.9. The summed E-state index contributed by atoms with van der Waals surface area (Å²) in [6, 6.07) is 52.1. The highest BCUT2D eigenvalue weighted by molar-refractivity contribution is 8.77. The summed E-state index contributed by atoms with van der Waals surface area (Å²) in [7, 11) is 9.24. The minimum Gasteiger partial charge on any atom is -0.493 e. The number of hydrogen-bond donors (Lipinski definition) is 0. The van der Waals surface area contributed by atoms with Gasteiger partial charge in [-0.05, 0) is 195 Å². The molecule has 0 spiro atoms. The summed E-state index contributed by atoms with van der Waals surface area (Å²) in [4.78, 5) is 0. The van der Waals surface area contributed by atoms with E-state index in [0.29, 0.717) is 19.3 Å². The van der Waals surface area contributed by atoms with Crippen molar-refractivity contribution in [3.8, 4) is 44.8 Å². The number of aromatic nitrogens is 1. The molecule has 0 amide bonds. The summed E-state index contributed by atoms with van der Waals surface area (Å²) in [6.07, 6.45) is 30.4. The third-order valence-electron chi connectivity index (χ3n) is 19.1. The third-order valence-corrected chi connectivity index (χ3v) is 31.1. The van der Waals surface area contributed by atoms with E-state index in [9.17, 15) is 0 Å². The Morgan fingerprint density at radius 1 is 0.466 bits per heavy atom. The Labute approximate surface area is 541 Å². The number of hydrogen-bond acceptors (Lipinski definition) is 3. The first kappa shape index (κ1) is 68.6. The largest absolute Gasteiger partial charge is 0.493 e. The Morgan fingerprint density at radius 3 is 1.39 bits per heavy atom. The highest BCUT2D eigenvalue weighted by Crippen LogP contribution is 2.71. The molecule has 1 heterocycles. The second kappa shape index (κ2) is 34.8. The van der Waals surface area contributed by atoms with Gasteiger partial charge >= 0.3 is 0 Å². The van der Waals surface area contributed by atoms with Crippen molar-refractivity contribution in [3.05, 3.63) is 178 Å². The van der Waals surface area contributed by atoms with Crippen molar-refractivity contribution in [2.24, 2.45) is 0 Å². The van der Waals surface area contributed by atoms with Crippen LogP contribution < -0.4 is 4.74 Å². The molecule has 88 heavy (non-hydrogen) atoms. The van der Waals surface area contributed by atoms with Crippen LogP contribution in [0, 0.1) is 27.7 Å². The van der Waals surface area contributed by atoms with Crippen molar-refractivity contribution >= 4 is 63.5 Å². The summed E-state index contributed by atoms with van der Waals surface area (Å²) >= 11 is 0. The quantitative estimate of drug-likeness (QED) is 0.0311. The zero-order valence-electron chi connectivity index (χ0n) is 54.8. The Bertz CT molecular complexity index is 3410. The molecule has 0 radical (unpaired) electrons. The van der Waals surface area contributed by atoms with Gasteiger partial charge in [0.2, 0.25) is 0 Å². The molecule has 7 aromatic carbocycles. The number of ether oxygens (including phenoxy) is 3. The van der Waals surface area contributed by atoms with Crippen LogP contribution >= 0.6 is 41.7 Å². The zero-order chi connectivity index (χ0) is 61.8. The van der Waals surface area contributed by atoms with E-state index >= 15 is 0 Å². The van der Waals surface area contributed by atoms with Gasteiger partial charge in [-0.3, -0.25) is 0 Å². The summed E-state index contributed by atoms with van der Waals surface area (Å²) in [5.74, 6) is 1.04. The minimum absolute atomic E-state index is 0.0534. The van der Waals surface area contributed by atoms with E-state index in [1.54, 1.807) is 11.1 Å². The van der Waals surface area contributed by atoms with Gasteiger partial charge in [-0.1, -0.05) is 234 Å². The topological polar surface area (TPSA) is 32.6 Å². The van der Waals surface area contributed by atoms with Crippen molar-refractivity contribution in [2.45, 2.75) is 233 Å². The molecule has 4 atom stereocenters. The molecule has 0 N–H and O–H groups in total. The van der Waals surface area contributed by atoms with Gasteiger partial charge in [-0.25, -0.2) is 0 Å². The first-order valence-corrected chi connectivity index (χ1v) is 42.4. The van der Waals surface area contributed by atoms with Crippen LogP contribution in [0.4, 0.5) is 0 Å². The van der Waals surface area contributed by atoms with E-state index in [0.717, 1.165) is 52.4 Å². The van der Waals surface area contributed by atoms with Gasteiger partial charge in [-0.15, -0.1) is 26.8 Å². The molecule has 0 saturated heterocycles. The molecule has 1 fully saturated rings. The normalized spacial score (nSPS) is 15.4. The van der Waals surface area contributed by atoms with Gasteiger partial charge in [0.15, 0.2) is 0 Å². The monoisotopic (exact) mass is 1270 g/mol. The van der Waals surface area contributed by atoms with E-state index in [1.165, 1.54) is 216 Å². The molecule has 2 aliphatic carbocycles. The molecule has 0 aliphatic heterocycles. The van der Waals surface area contributed by atoms with Crippen LogP contribution in [-0.2, 0) is 28.1 Å². The highest BCUT2D eigenvalue weighted by Gasteiger charge is 2.43. The predicted molar refractivity (Wildman–Crippen MR) is 398 cm³/mol. The van der Waals surface area contributed by atoms with Crippen molar-refractivity contribution in [3.63, 3.8) is 0 Å². The van der Waals surface area contributed by atoms with Gasteiger partial charge < -0.3 is 18.8 Å². The second-order valence-electron chi connectivity index (χ2n) is 26.0. The van der Waals surface area contributed by atoms with Crippen LogP contribution in [0.25, 0.3) is 60.9 Å². The Morgan fingerprint density at radius 2 is 0.875 bits per heavy atom. The predicted octanol–water partition coefficient (Wildman–Crippen LogP) is 25.3. The van der Waals surface area contributed by atoms with E-state index < -0.39 is 0 Å². The lowest BCUT2D eigenvalue weighted by atomic mass is 9.70. The average Bonchev–Trinajstić information content (AvgIpc) is 1.62. The molecular weight excluding hydrogens is 1170 g/mol. The van der Waals surface area contributed by atoms with E-state index in [2.05, 4.69) is 213 Å². The summed E-state index contributed by atoms with van der Waals surface area (Å²) in [5, 5.41) is 2.61. The lowest BCUT2D eigenvalue weighted by molar-refractivity contribution is -0.0419. The van der Waals surface area contributed by atoms with Crippen LogP contribution in [0.15, 0.2) is 133 Å². The zero-order valence-corrected chi connectivity index (χ0v) is 60.2. The molecule has 10 rings (SSSR count). The number of rotatable bonds is 32. The van der Waals surface area contributed by atoms with Gasteiger partial charge in [0.25, 0.3) is 0 Å². The average molecular weight is 1270 g/mol. The molecule has 1 saturated carbocycles. The van der Waals surface area contributed by atoms with Gasteiger partial charge in [0, 0.05) is 21.9 Å². The first-order valence-electron chi connectivity index (χ1n) is 34.2. The van der Waals surface area contributed by atoms with Crippen molar-refractivity contribution in [1.29, 1.82) is 0 Å². The number of unbranched alkanes of at least 4 members (excludes halogenated alkanes) is 15. The number of nitrogens with zero attached hydrogens (tertiary/aromatic N) is 1. The smallest absolute Gasteiger partial charge is 0.125 e. The Kier molecular flexibility index (Phi) is 27.1. The van der Waals surface area contributed by atoms with E-state index in [1.807, 2.05) is 0 Å². The third kappa shape index (κ3) is 18.1. The molecular formula is C79H106NO3P5. The van der Waals surface area contributed by atoms with Crippen LogP contribution in [0.3, 0.4) is 0 Å². The SMILES string of the molecule is CCCCCCCCOc1c(C)cc(-n2c3ccc(C)cc3c3cc(-c4ccc5c(c4)C(CCCCCCCC)(CCCCCCCC)c4cc(-c6ccc(COC7CCC(OCc8ccc(C)cc8)CC7)cc6)ccc4-5)ccc32)cc1C.PPP(P)P. The van der Waals surface area contributed by atoms with Crippen LogP contribution in [-0.4, -0.2) is 23.4 Å². The lowest BCUT2D eigenvalue weighted by Crippen LogP contribution is -2.26. The fraction of sp³-hybridized carbons (Fsp3) is 0.468. The molecule has 1 aromatic heterocycles. The summed E-state index contributed by atoms with van der Waals surface area (Å²) in [6.45, 7) is 18.1. The van der Waals surface area contributed by atoms with E-state index in [-0.39, 0.29) is 18.5 Å². The number of benzene rings is 7. The molecule has 0 bridgehead atoms. The molecule has 4 unspecified atom stereocenters. The van der Waals surface area contributed by atoms with Gasteiger partial charge in [-0.2, -0.15) is 0 Å². The Hall–Kier alpha value is -3.79. The highest BCUT2D eigenvalue weighted by atomic mass is 32.8. The van der Waals surface area contributed by atoms with Crippen molar-refractivity contribution < 1.29 is 14.2 Å².